The second-order valence-electron chi connectivity index (χ2n) is 5.82. The largest absolute Gasteiger partial charge is 0.387 e. The molecule has 6 heteroatoms. The van der Waals surface area contributed by atoms with Crippen LogP contribution in [0.15, 0.2) is 41.2 Å². The number of aliphatic hydroxyl groups excluding tert-OH is 1. The number of aromatic amines is 1. The maximum absolute atomic E-state index is 11.8. The van der Waals surface area contributed by atoms with Crippen LogP contribution in [-0.2, 0) is 6.42 Å². The van der Waals surface area contributed by atoms with Gasteiger partial charge in [0.05, 0.1) is 6.10 Å². The maximum Gasteiger partial charge on any atom is 0.314 e. The van der Waals surface area contributed by atoms with Crippen molar-refractivity contribution in [1.82, 2.24) is 15.6 Å². The Morgan fingerprint density at radius 3 is 3.00 bits per heavy atom. The van der Waals surface area contributed by atoms with Gasteiger partial charge in [0, 0.05) is 30.2 Å². The van der Waals surface area contributed by atoms with E-state index in [9.17, 15) is 9.90 Å². The number of fused-ring (bicyclic) bond motifs is 1. The second kappa shape index (κ2) is 7.51. The number of aryl methyl sites for hydroxylation is 1. The van der Waals surface area contributed by atoms with Gasteiger partial charge in [-0.05, 0) is 52.9 Å². The highest BCUT2D eigenvalue weighted by Gasteiger charge is 2.10. The number of benzene rings is 1. The minimum Gasteiger partial charge on any atom is -0.387 e. The molecule has 0 saturated carbocycles. The van der Waals surface area contributed by atoms with E-state index in [2.05, 4.69) is 40.7 Å². The van der Waals surface area contributed by atoms with Crippen LogP contribution in [0.25, 0.3) is 10.9 Å². The van der Waals surface area contributed by atoms with Crippen molar-refractivity contribution in [2.75, 3.05) is 13.1 Å². The van der Waals surface area contributed by atoms with E-state index >= 15 is 0 Å². The predicted molar refractivity (Wildman–Crippen MR) is 97.4 cm³/mol. The Kier molecular flexibility index (Phi) is 5.17. The van der Waals surface area contributed by atoms with Crippen molar-refractivity contribution in [2.24, 2.45) is 0 Å². The van der Waals surface area contributed by atoms with Gasteiger partial charge in [0.25, 0.3) is 0 Å². The zero-order chi connectivity index (χ0) is 16.9. The van der Waals surface area contributed by atoms with Crippen LogP contribution >= 0.6 is 11.3 Å². The van der Waals surface area contributed by atoms with E-state index in [1.165, 1.54) is 27.8 Å². The highest BCUT2D eigenvalue weighted by atomic mass is 32.1. The third-order valence-corrected chi connectivity index (χ3v) is 4.69. The number of aliphatic hydroxyl groups is 1. The van der Waals surface area contributed by atoms with Crippen molar-refractivity contribution in [3.8, 4) is 0 Å². The Balaban J connectivity index is 1.44. The lowest BCUT2D eigenvalue weighted by Crippen LogP contribution is -2.38. The lowest BCUT2D eigenvalue weighted by atomic mass is 10.1. The third-order valence-electron chi connectivity index (χ3n) is 3.99. The Morgan fingerprint density at radius 2 is 2.21 bits per heavy atom. The second-order valence-corrected chi connectivity index (χ2v) is 6.60. The molecule has 24 heavy (non-hydrogen) atoms. The topological polar surface area (TPSA) is 77.2 Å². The first-order chi connectivity index (χ1) is 11.6. The number of rotatable bonds is 6. The molecule has 3 aromatic rings. The number of carbonyl (C=O) groups is 1. The van der Waals surface area contributed by atoms with Gasteiger partial charge in [0.15, 0.2) is 0 Å². The van der Waals surface area contributed by atoms with Gasteiger partial charge in [0.1, 0.15) is 0 Å². The van der Waals surface area contributed by atoms with E-state index < -0.39 is 6.10 Å². The number of carbonyl (C=O) groups excluding carboxylic acids is 1. The summed E-state index contributed by atoms with van der Waals surface area (Å²) in [7, 11) is 0. The molecule has 0 aliphatic rings. The standard InChI is InChI=1S/C18H21N3O2S/c1-12-2-3-15-13(9-20-16(15)8-12)4-6-19-18(23)21-10-17(22)14-5-7-24-11-14/h2-3,5,7-9,11,17,20,22H,4,6,10H2,1H3,(H2,19,21,23). The molecule has 1 unspecified atom stereocenters. The molecule has 1 atom stereocenters. The van der Waals surface area contributed by atoms with Crippen LogP contribution in [-0.4, -0.2) is 29.2 Å². The average Bonchev–Trinajstić information content (AvgIpc) is 3.22. The quantitative estimate of drug-likeness (QED) is 0.555. The Bertz CT molecular complexity index is 811. The normalized spacial score (nSPS) is 12.2. The lowest BCUT2D eigenvalue weighted by molar-refractivity contribution is 0.173. The van der Waals surface area contributed by atoms with Crippen molar-refractivity contribution < 1.29 is 9.90 Å². The summed E-state index contributed by atoms with van der Waals surface area (Å²) in [5.74, 6) is 0. The zero-order valence-corrected chi connectivity index (χ0v) is 14.3. The maximum atomic E-state index is 11.8. The number of aromatic nitrogens is 1. The Labute approximate surface area is 144 Å². The van der Waals surface area contributed by atoms with Gasteiger partial charge in [-0.1, -0.05) is 12.1 Å². The van der Waals surface area contributed by atoms with Crippen molar-refractivity contribution in [3.63, 3.8) is 0 Å². The fraction of sp³-hybridized carbons (Fsp3) is 0.278. The summed E-state index contributed by atoms with van der Waals surface area (Å²) in [4.78, 5) is 15.1. The first-order valence-corrected chi connectivity index (χ1v) is 8.86. The van der Waals surface area contributed by atoms with E-state index in [1.54, 1.807) is 0 Å². The third kappa shape index (κ3) is 3.96. The first kappa shape index (κ1) is 16.5. The summed E-state index contributed by atoms with van der Waals surface area (Å²) in [6.45, 7) is 2.81. The molecule has 0 saturated heterocycles. The zero-order valence-electron chi connectivity index (χ0n) is 13.5. The van der Waals surface area contributed by atoms with Crippen LogP contribution in [0.3, 0.4) is 0 Å². The van der Waals surface area contributed by atoms with Gasteiger partial charge < -0.3 is 20.7 Å². The summed E-state index contributed by atoms with van der Waals surface area (Å²) in [6, 6.07) is 7.90. The van der Waals surface area contributed by atoms with E-state index in [0.717, 1.165) is 17.5 Å². The molecule has 3 rings (SSSR count). The number of hydrogen-bond donors (Lipinski definition) is 4. The molecular weight excluding hydrogens is 322 g/mol. The van der Waals surface area contributed by atoms with Crippen LogP contribution in [0.2, 0.25) is 0 Å². The van der Waals surface area contributed by atoms with Gasteiger partial charge >= 0.3 is 6.03 Å². The minimum absolute atomic E-state index is 0.203. The molecular formula is C18H21N3O2S. The van der Waals surface area contributed by atoms with Crippen LogP contribution in [0, 0.1) is 6.92 Å². The van der Waals surface area contributed by atoms with Gasteiger partial charge in [-0.3, -0.25) is 0 Å². The molecule has 4 N–H and O–H groups in total. The number of H-pyrrole nitrogens is 1. The fourth-order valence-corrected chi connectivity index (χ4v) is 3.36. The van der Waals surface area contributed by atoms with Crippen molar-refractivity contribution in [2.45, 2.75) is 19.4 Å². The van der Waals surface area contributed by atoms with Gasteiger partial charge in [-0.15, -0.1) is 0 Å². The summed E-state index contributed by atoms with van der Waals surface area (Å²) in [5.41, 5.74) is 4.35. The number of amides is 2. The SMILES string of the molecule is Cc1ccc2c(CCNC(=O)NCC(O)c3ccsc3)c[nH]c2c1. The molecule has 0 radical (unpaired) electrons. The molecule has 0 aliphatic heterocycles. The molecule has 0 fully saturated rings. The molecule has 0 aliphatic carbocycles. The van der Waals surface area contributed by atoms with Gasteiger partial charge in [0.2, 0.25) is 0 Å². The van der Waals surface area contributed by atoms with E-state index in [1.807, 2.05) is 23.0 Å². The number of thiophene rings is 1. The van der Waals surface area contributed by atoms with Crippen LogP contribution in [0.1, 0.15) is 22.8 Å². The molecule has 0 bridgehead atoms. The number of hydrogen-bond acceptors (Lipinski definition) is 3. The molecule has 2 heterocycles. The van der Waals surface area contributed by atoms with Gasteiger partial charge in [-0.25, -0.2) is 4.79 Å². The highest BCUT2D eigenvalue weighted by molar-refractivity contribution is 7.07. The number of nitrogens with one attached hydrogen (secondary N) is 3. The molecule has 2 amide bonds. The number of urea groups is 1. The summed E-state index contributed by atoms with van der Waals surface area (Å²) in [6.07, 6.45) is 2.08. The van der Waals surface area contributed by atoms with Crippen LogP contribution < -0.4 is 10.6 Å². The monoisotopic (exact) mass is 343 g/mol. The Morgan fingerprint density at radius 1 is 1.33 bits per heavy atom. The lowest BCUT2D eigenvalue weighted by Gasteiger charge is -2.11. The first-order valence-electron chi connectivity index (χ1n) is 7.92. The van der Waals surface area contributed by atoms with E-state index in [-0.39, 0.29) is 12.6 Å². The molecule has 126 valence electrons. The smallest absolute Gasteiger partial charge is 0.314 e. The predicted octanol–water partition coefficient (Wildman–Crippen LogP) is 3.11. The van der Waals surface area contributed by atoms with Crippen molar-refractivity contribution >= 4 is 28.3 Å². The Hall–Kier alpha value is -2.31. The minimum atomic E-state index is -0.668. The fourth-order valence-electron chi connectivity index (χ4n) is 2.65. The summed E-state index contributed by atoms with van der Waals surface area (Å²) in [5, 5.41) is 20.4. The van der Waals surface area contributed by atoms with Crippen LogP contribution in [0.4, 0.5) is 4.79 Å². The molecule has 1 aromatic carbocycles. The molecule has 0 spiro atoms. The molecule has 2 aromatic heterocycles. The summed E-state index contributed by atoms with van der Waals surface area (Å²) < 4.78 is 0. The van der Waals surface area contributed by atoms with E-state index in [0.29, 0.717) is 6.54 Å². The van der Waals surface area contributed by atoms with E-state index in [4.69, 9.17) is 0 Å². The average molecular weight is 343 g/mol. The highest BCUT2D eigenvalue weighted by Crippen LogP contribution is 2.19. The summed E-state index contributed by atoms with van der Waals surface area (Å²) >= 11 is 1.52. The van der Waals surface area contributed by atoms with Crippen LogP contribution in [0.5, 0.6) is 0 Å². The molecule has 5 nitrogen and oxygen atoms in total. The van der Waals surface area contributed by atoms with Gasteiger partial charge in [-0.2, -0.15) is 11.3 Å². The van der Waals surface area contributed by atoms with Crippen molar-refractivity contribution in [3.05, 3.63) is 57.9 Å². The van der Waals surface area contributed by atoms with Crippen molar-refractivity contribution in [1.29, 1.82) is 0 Å².